The molecular formula is C7H13N5. The fourth-order valence-corrected chi connectivity index (χ4v) is 0.781. The van der Waals surface area contributed by atoms with Crippen LogP contribution in [0.3, 0.4) is 0 Å². The summed E-state index contributed by atoms with van der Waals surface area (Å²) in [5, 5.41) is 1.80. The molecule has 1 aromatic rings. The number of anilines is 2. The van der Waals surface area contributed by atoms with Gasteiger partial charge in [-0.3, -0.25) is 0 Å². The highest BCUT2D eigenvalue weighted by atomic mass is 15.5. The number of hydrazine groups is 1. The molecule has 0 radical (unpaired) electrons. The zero-order valence-corrected chi connectivity index (χ0v) is 7.50. The molecule has 66 valence electrons. The maximum Gasteiger partial charge on any atom is 0.221 e. The van der Waals surface area contributed by atoms with E-state index in [1.54, 1.807) is 11.2 Å². The van der Waals surface area contributed by atoms with Crippen molar-refractivity contribution >= 4 is 11.8 Å². The first-order valence-electron chi connectivity index (χ1n) is 3.62. The Bertz CT molecular complexity index is 270. The Balaban J connectivity index is 2.90. The first-order valence-corrected chi connectivity index (χ1v) is 3.62. The van der Waals surface area contributed by atoms with Crippen LogP contribution in [0.2, 0.25) is 0 Å². The molecule has 0 saturated carbocycles. The summed E-state index contributed by atoms with van der Waals surface area (Å²) in [5.74, 6) is 1.03. The number of nitrogens with two attached hydrogens (primary N) is 1. The average Bonchev–Trinajstić information content (AvgIpc) is 1.96. The number of hydrogen-bond acceptors (Lipinski definition) is 5. The van der Waals surface area contributed by atoms with Gasteiger partial charge in [-0.15, -0.1) is 0 Å². The van der Waals surface area contributed by atoms with Crippen LogP contribution in [0.1, 0.15) is 5.56 Å². The van der Waals surface area contributed by atoms with Crippen LogP contribution in [0.25, 0.3) is 0 Å². The second-order valence-corrected chi connectivity index (χ2v) is 2.77. The van der Waals surface area contributed by atoms with Crippen molar-refractivity contribution in [3.8, 4) is 0 Å². The normalized spacial score (nSPS) is 10.3. The molecule has 1 aromatic heterocycles. The van der Waals surface area contributed by atoms with Crippen LogP contribution in [-0.4, -0.2) is 29.1 Å². The van der Waals surface area contributed by atoms with E-state index in [0.717, 1.165) is 11.4 Å². The van der Waals surface area contributed by atoms with Gasteiger partial charge in [0, 0.05) is 25.9 Å². The first kappa shape index (κ1) is 8.73. The van der Waals surface area contributed by atoms with Gasteiger partial charge in [-0.05, 0) is 6.92 Å². The molecule has 5 heteroatoms. The van der Waals surface area contributed by atoms with Crippen molar-refractivity contribution in [2.24, 2.45) is 0 Å². The van der Waals surface area contributed by atoms with Crippen molar-refractivity contribution in [3.05, 3.63) is 11.8 Å². The van der Waals surface area contributed by atoms with Gasteiger partial charge in [0.25, 0.3) is 0 Å². The second kappa shape index (κ2) is 3.36. The third kappa shape index (κ3) is 2.06. The van der Waals surface area contributed by atoms with Gasteiger partial charge in [-0.1, -0.05) is 0 Å². The maximum atomic E-state index is 5.42. The average molecular weight is 167 g/mol. The van der Waals surface area contributed by atoms with Gasteiger partial charge in [0.1, 0.15) is 5.82 Å². The number of rotatable bonds is 2. The topological polar surface area (TPSA) is 67.1 Å². The van der Waals surface area contributed by atoms with E-state index in [-0.39, 0.29) is 5.95 Å². The van der Waals surface area contributed by atoms with E-state index < -0.39 is 0 Å². The van der Waals surface area contributed by atoms with Gasteiger partial charge in [0.2, 0.25) is 5.95 Å². The summed E-state index contributed by atoms with van der Waals surface area (Å²) < 4.78 is 0. The zero-order valence-electron chi connectivity index (χ0n) is 7.50. The third-order valence-electron chi connectivity index (χ3n) is 1.32. The van der Waals surface area contributed by atoms with Crippen LogP contribution in [0.4, 0.5) is 11.8 Å². The van der Waals surface area contributed by atoms with Crippen molar-refractivity contribution in [3.63, 3.8) is 0 Å². The quantitative estimate of drug-likeness (QED) is 0.618. The minimum Gasteiger partial charge on any atom is -0.368 e. The molecule has 0 aliphatic rings. The molecule has 3 N–H and O–H groups in total. The monoisotopic (exact) mass is 167 g/mol. The highest BCUT2D eigenvalue weighted by molar-refractivity contribution is 5.43. The van der Waals surface area contributed by atoms with Gasteiger partial charge < -0.3 is 11.2 Å². The van der Waals surface area contributed by atoms with E-state index in [1.165, 1.54) is 0 Å². The molecule has 1 rings (SSSR count). The van der Waals surface area contributed by atoms with Crippen molar-refractivity contribution in [1.82, 2.24) is 15.0 Å². The summed E-state index contributed by atoms with van der Waals surface area (Å²) in [7, 11) is 3.77. The van der Waals surface area contributed by atoms with E-state index in [2.05, 4.69) is 15.4 Å². The van der Waals surface area contributed by atoms with Crippen molar-refractivity contribution in [2.75, 3.05) is 25.3 Å². The Kier molecular flexibility index (Phi) is 2.44. The first-order chi connectivity index (χ1) is 5.59. The fourth-order valence-electron chi connectivity index (χ4n) is 0.781. The molecule has 0 aliphatic heterocycles. The molecule has 0 fully saturated rings. The van der Waals surface area contributed by atoms with Gasteiger partial charge in [-0.2, -0.15) is 4.98 Å². The molecule has 0 amide bonds. The van der Waals surface area contributed by atoms with Crippen LogP contribution in [0.5, 0.6) is 0 Å². The lowest BCUT2D eigenvalue weighted by atomic mass is 10.3. The Morgan fingerprint density at radius 3 is 2.75 bits per heavy atom. The number of nitrogens with zero attached hydrogens (tertiary/aromatic N) is 3. The van der Waals surface area contributed by atoms with E-state index >= 15 is 0 Å². The highest BCUT2D eigenvalue weighted by Gasteiger charge is 2.00. The lowest BCUT2D eigenvalue weighted by Gasteiger charge is -2.14. The Labute approximate surface area is 71.6 Å². The van der Waals surface area contributed by atoms with Gasteiger partial charge in [0.05, 0.1) is 0 Å². The third-order valence-corrected chi connectivity index (χ3v) is 1.32. The molecule has 12 heavy (non-hydrogen) atoms. The van der Waals surface area contributed by atoms with E-state index in [4.69, 9.17) is 5.73 Å². The van der Waals surface area contributed by atoms with Gasteiger partial charge in [0.15, 0.2) is 0 Å². The van der Waals surface area contributed by atoms with Crippen molar-refractivity contribution in [2.45, 2.75) is 6.92 Å². The number of aromatic nitrogens is 2. The molecule has 0 aliphatic carbocycles. The van der Waals surface area contributed by atoms with Crippen LogP contribution < -0.4 is 11.2 Å². The number of hydrogen-bond donors (Lipinski definition) is 2. The van der Waals surface area contributed by atoms with Crippen LogP contribution >= 0.6 is 0 Å². The molecule has 0 aromatic carbocycles. The molecule has 0 spiro atoms. The SMILES string of the molecule is Cc1cnc(N)nc1NN(C)C. The summed E-state index contributed by atoms with van der Waals surface area (Å²) in [6.07, 6.45) is 1.69. The Hall–Kier alpha value is -1.36. The standard InChI is InChI=1S/C7H13N5/c1-5-4-9-7(8)10-6(5)11-12(2)3/h4H,1-3H3,(H3,8,9,10,11). The number of nitrogens with one attached hydrogen (secondary N) is 1. The maximum absolute atomic E-state index is 5.42. The lowest BCUT2D eigenvalue weighted by Crippen LogP contribution is -2.21. The Morgan fingerprint density at radius 1 is 1.50 bits per heavy atom. The summed E-state index contributed by atoms with van der Waals surface area (Å²) in [5.41, 5.74) is 9.41. The van der Waals surface area contributed by atoms with Gasteiger partial charge in [-0.25, -0.2) is 9.99 Å². The van der Waals surface area contributed by atoms with E-state index in [1.807, 2.05) is 21.0 Å². The fraction of sp³-hybridized carbons (Fsp3) is 0.429. The number of aryl methyl sites for hydroxylation is 1. The van der Waals surface area contributed by atoms with E-state index in [9.17, 15) is 0 Å². The summed E-state index contributed by atoms with van der Waals surface area (Å²) >= 11 is 0. The molecule has 0 bridgehead atoms. The van der Waals surface area contributed by atoms with Crippen molar-refractivity contribution < 1.29 is 0 Å². The van der Waals surface area contributed by atoms with E-state index in [0.29, 0.717) is 0 Å². The summed E-state index contributed by atoms with van der Waals surface area (Å²) in [6, 6.07) is 0. The Morgan fingerprint density at radius 2 is 2.17 bits per heavy atom. The lowest BCUT2D eigenvalue weighted by molar-refractivity contribution is 0.491. The minimum absolute atomic E-state index is 0.282. The highest BCUT2D eigenvalue weighted by Crippen LogP contribution is 2.10. The zero-order chi connectivity index (χ0) is 9.14. The molecule has 0 atom stereocenters. The largest absolute Gasteiger partial charge is 0.368 e. The van der Waals surface area contributed by atoms with Crippen LogP contribution in [0.15, 0.2) is 6.20 Å². The summed E-state index contributed by atoms with van der Waals surface area (Å²) in [4.78, 5) is 7.88. The molecule has 0 saturated heterocycles. The van der Waals surface area contributed by atoms with Crippen LogP contribution in [0, 0.1) is 6.92 Å². The smallest absolute Gasteiger partial charge is 0.221 e. The number of nitrogen functional groups attached to an aromatic ring is 1. The predicted molar refractivity (Wildman–Crippen MR) is 48.5 cm³/mol. The molecule has 0 unspecified atom stereocenters. The molecular weight excluding hydrogens is 154 g/mol. The van der Waals surface area contributed by atoms with Crippen LogP contribution in [-0.2, 0) is 0 Å². The van der Waals surface area contributed by atoms with Gasteiger partial charge >= 0.3 is 0 Å². The molecule has 1 heterocycles. The summed E-state index contributed by atoms with van der Waals surface area (Å²) in [6.45, 7) is 1.92. The predicted octanol–water partition coefficient (Wildman–Crippen LogP) is 0.256. The second-order valence-electron chi connectivity index (χ2n) is 2.77. The van der Waals surface area contributed by atoms with Crippen molar-refractivity contribution in [1.29, 1.82) is 0 Å². The molecule has 5 nitrogen and oxygen atoms in total. The minimum atomic E-state index is 0.282.